The van der Waals surface area contributed by atoms with Crippen LogP contribution in [0.25, 0.3) is 0 Å². The molecule has 0 spiro atoms. The van der Waals surface area contributed by atoms with Gasteiger partial charge in [0.2, 0.25) is 0 Å². The highest BCUT2D eigenvalue weighted by Gasteiger charge is 2.16. The second kappa shape index (κ2) is 7.57. The molecule has 0 aromatic heterocycles. The molecule has 0 bridgehead atoms. The van der Waals surface area contributed by atoms with Gasteiger partial charge >= 0.3 is 5.97 Å². The van der Waals surface area contributed by atoms with Crippen molar-refractivity contribution in [2.24, 2.45) is 0 Å². The molecule has 120 valence electrons. The third-order valence-corrected chi connectivity index (χ3v) is 3.93. The summed E-state index contributed by atoms with van der Waals surface area (Å²) in [5, 5.41) is 3.09. The van der Waals surface area contributed by atoms with Crippen molar-refractivity contribution >= 4 is 45.1 Å². The third-order valence-electron chi connectivity index (χ3n) is 3.02. The molecule has 0 aliphatic rings. The van der Waals surface area contributed by atoms with Crippen LogP contribution in [0.1, 0.15) is 15.9 Å². The van der Waals surface area contributed by atoms with Gasteiger partial charge in [-0.1, -0.05) is 33.6 Å². The number of anilines is 1. The summed E-state index contributed by atoms with van der Waals surface area (Å²) in [5.74, 6) is -2.18. The van der Waals surface area contributed by atoms with E-state index in [-0.39, 0.29) is 5.56 Å². The molecule has 0 heterocycles. The molecule has 0 atom stereocenters. The Hall–Kier alpha value is -1.92. The minimum absolute atomic E-state index is 0.244. The summed E-state index contributed by atoms with van der Waals surface area (Å²) in [5.41, 5.74) is 0.977. The van der Waals surface area contributed by atoms with Gasteiger partial charge in [0.1, 0.15) is 5.82 Å². The van der Waals surface area contributed by atoms with E-state index in [0.29, 0.717) is 20.7 Å². The van der Waals surface area contributed by atoms with Crippen LogP contribution in [-0.4, -0.2) is 18.5 Å². The molecule has 0 aliphatic heterocycles. The fraction of sp³-hybridized carbons (Fsp3) is 0.125. The molecule has 0 fully saturated rings. The number of esters is 1. The summed E-state index contributed by atoms with van der Waals surface area (Å²) < 4.78 is 18.9. The van der Waals surface area contributed by atoms with Gasteiger partial charge in [0.05, 0.1) is 5.56 Å². The lowest BCUT2D eigenvalue weighted by Gasteiger charge is -2.10. The monoisotopic (exact) mass is 399 g/mol. The molecular weight excluding hydrogens is 389 g/mol. The SMILES string of the molecule is Cc1c(Cl)cccc1NC(=O)COC(=O)c1cc(Br)ccc1F. The highest BCUT2D eigenvalue weighted by molar-refractivity contribution is 9.10. The predicted octanol–water partition coefficient (Wildman–Crippen LogP) is 4.35. The van der Waals surface area contributed by atoms with Gasteiger partial charge in [0, 0.05) is 15.2 Å². The van der Waals surface area contributed by atoms with Crippen LogP contribution in [0.5, 0.6) is 0 Å². The van der Waals surface area contributed by atoms with Crippen LogP contribution in [0, 0.1) is 12.7 Å². The number of nitrogens with one attached hydrogen (secondary N) is 1. The Morgan fingerprint density at radius 3 is 2.78 bits per heavy atom. The smallest absolute Gasteiger partial charge is 0.341 e. The molecule has 0 aliphatic carbocycles. The maximum absolute atomic E-state index is 13.6. The van der Waals surface area contributed by atoms with Crippen molar-refractivity contribution in [1.82, 2.24) is 0 Å². The summed E-state index contributed by atoms with van der Waals surface area (Å²) in [7, 11) is 0. The minimum atomic E-state index is -0.915. The first-order chi connectivity index (χ1) is 10.9. The summed E-state index contributed by atoms with van der Waals surface area (Å²) in [4.78, 5) is 23.6. The van der Waals surface area contributed by atoms with Crippen LogP contribution in [0.4, 0.5) is 10.1 Å². The lowest BCUT2D eigenvalue weighted by Crippen LogP contribution is -2.21. The second-order valence-corrected chi connectivity index (χ2v) is 5.98. The summed E-state index contributed by atoms with van der Waals surface area (Å²) in [6.07, 6.45) is 0. The van der Waals surface area contributed by atoms with E-state index in [9.17, 15) is 14.0 Å². The van der Waals surface area contributed by atoms with E-state index in [1.165, 1.54) is 12.1 Å². The highest BCUT2D eigenvalue weighted by atomic mass is 79.9. The van der Waals surface area contributed by atoms with Crippen molar-refractivity contribution in [2.75, 3.05) is 11.9 Å². The molecular formula is C16H12BrClFNO3. The number of amides is 1. The average Bonchev–Trinajstić information content (AvgIpc) is 2.52. The standard InChI is InChI=1S/C16H12BrClFNO3/c1-9-12(18)3-2-4-14(9)20-15(21)8-23-16(22)11-7-10(17)5-6-13(11)19/h2-7H,8H2,1H3,(H,20,21). The van der Waals surface area contributed by atoms with Gasteiger partial charge in [0.15, 0.2) is 6.61 Å². The average molecular weight is 401 g/mol. The van der Waals surface area contributed by atoms with Crippen LogP contribution >= 0.6 is 27.5 Å². The van der Waals surface area contributed by atoms with Crippen LogP contribution < -0.4 is 5.32 Å². The lowest BCUT2D eigenvalue weighted by molar-refractivity contribution is -0.119. The van der Waals surface area contributed by atoms with Crippen LogP contribution in [-0.2, 0) is 9.53 Å². The Labute approximate surface area is 145 Å². The number of hydrogen-bond donors (Lipinski definition) is 1. The van der Waals surface area contributed by atoms with Gasteiger partial charge in [-0.2, -0.15) is 0 Å². The van der Waals surface area contributed by atoms with Gasteiger partial charge in [-0.15, -0.1) is 0 Å². The maximum Gasteiger partial charge on any atom is 0.341 e. The molecule has 1 amide bonds. The van der Waals surface area contributed by atoms with E-state index in [4.69, 9.17) is 16.3 Å². The van der Waals surface area contributed by atoms with E-state index in [1.807, 2.05) is 0 Å². The van der Waals surface area contributed by atoms with Gasteiger partial charge in [-0.3, -0.25) is 4.79 Å². The molecule has 0 saturated heterocycles. The van der Waals surface area contributed by atoms with Crippen molar-refractivity contribution in [1.29, 1.82) is 0 Å². The Balaban J connectivity index is 1.98. The fourth-order valence-electron chi connectivity index (χ4n) is 1.79. The normalized spacial score (nSPS) is 10.3. The minimum Gasteiger partial charge on any atom is -0.452 e. The maximum atomic E-state index is 13.6. The fourth-order valence-corrected chi connectivity index (χ4v) is 2.33. The van der Waals surface area contributed by atoms with Gasteiger partial charge in [-0.05, 0) is 42.8 Å². The van der Waals surface area contributed by atoms with Crippen LogP contribution in [0.2, 0.25) is 5.02 Å². The molecule has 1 N–H and O–H groups in total. The molecule has 0 unspecified atom stereocenters. The van der Waals surface area contributed by atoms with Crippen molar-refractivity contribution < 1.29 is 18.7 Å². The number of ether oxygens (including phenoxy) is 1. The number of hydrogen-bond acceptors (Lipinski definition) is 3. The number of halogens is 3. The number of carbonyl (C=O) groups is 2. The zero-order chi connectivity index (χ0) is 17.0. The van der Waals surface area contributed by atoms with Crippen molar-refractivity contribution in [3.63, 3.8) is 0 Å². The summed E-state index contributed by atoms with van der Waals surface area (Å²) >= 11 is 9.09. The molecule has 0 radical (unpaired) electrons. The molecule has 4 nitrogen and oxygen atoms in total. The number of benzene rings is 2. The number of carbonyl (C=O) groups excluding carboxylic acids is 2. The van der Waals surface area contributed by atoms with E-state index in [2.05, 4.69) is 21.2 Å². The van der Waals surface area contributed by atoms with E-state index in [0.717, 1.165) is 6.07 Å². The van der Waals surface area contributed by atoms with Crippen molar-refractivity contribution in [2.45, 2.75) is 6.92 Å². The quantitative estimate of drug-likeness (QED) is 0.777. The Bertz CT molecular complexity index is 767. The van der Waals surface area contributed by atoms with Crippen molar-refractivity contribution in [3.05, 3.63) is 62.8 Å². The largest absolute Gasteiger partial charge is 0.452 e. The van der Waals surface area contributed by atoms with Gasteiger partial charge < -0.3 is 10.1 Å². The zero-order valence-corrected chi connectivity index (χ0v) is 14.4. The van der Waals surface area contributed by atoms with E-state index < -0.39 is 24.3 Å². The molecule has 2 aromatic carbocycles. The van der Waals surface area contributed by atoms with Gasteiger partial charge in [-0.25, -0.2) is 9.18 Å². The van der Waals surface area contributed by atoms with E-state index in [1.54, 1.807) is 25.1 Å². The Morgan fingerprint density at radius 2 is 2.04 bits per heavy atom. The highest BCUT2D eigenvalue weighted by Crippen LogP contribution is 2.23. The first-order valence-corrected chi connectivity index (χ1v) is 7.72. The van der Waals surface area contributed by atoms with Crippen LogP contribution in [0.3, 0.4) is 0 Å². The molecule has 2 rings (SSSR count). The molecule has 23 heavy (non-hydrogen) atoms. The number of rotatable bonds is 4. The molecule has 0 saturated carbocycles. The third kappa shape index (κ3) is 4.53. The summed E-state index contributed by atoms with van der Waals surface area (Å²) in [6.45, 7) is 1.22. The molecule has 2 aromatic rings. The summed E-state index contributed by atoms with van der Waals surface area (Å²) in [6, 6.07) is 8.94. The van der Waals surface area contributed by atoms with Gasteiger partial charge in [0.25, 0.3) is 5.91 Å². The Morgan fingerprint density at radius 1 is 1.30 bits per heavy atom. The van der Waals surface area contributed by atoms with E-state index >= 15 is 0 Å². The molecule has 7 heteroatoms. The lowest BCUT2D eigenvalue weighted by atomic mass is 10.2. The second-order valence-electron chi connectivity index (χ2n) is 4.66. The first kappa shape index (κ1) is 17.4. The topological polar surface area (TPSA) is 55.4 Å². The Kier molecular flexibility index (Phi) is 5.74. The first-order valence-electron chi connectivity index (χ1n) is 6.55. The van der Waals surface area contributed by atoms with Crippen molar-refractivity contribution in [3.8, 4) is 0 Å². The zero-order valence-electron chi connectivity index (χ0n) is 12.0. The predicted molar refractivity (Wildman–Crippen MR) is 89.2 cm³/mol. The van der Waals surface area contributed by atoms with Crippen LogP contribution in [0.15, 0.2) is 40.9 Å².